The minimum absolute atomic E-state index is 0.194. The number of fused-ring (bicyclic) bond motifs is 1. The van der Waals surface area contributed by atoms with E-state index in [2.05, 4.69) is 28.2 Å². The summed E-state index contributed by atoms with van der Waals surface area (Å²) in [6.07, 6.45) is 4.00. The second kappa shape index (κ2) is 7.91. The first-order valence-corrected chi connectivity index (χ1v) is 11.4. The Morgan fingerprint density at radius 1 is 1.03 bits per heavy atom. The van der Waals surface area contributed by atoms with Crippen LogP contribution in [0.15, 0.2) is 23.0 Å². The van der Waals surface area contributed by atoms with Crippen molar-refractivity contribution in [3.63, 3.8) is 0 Å². The SMILES string of the molecule is CN1CCN([C@H]2C[C@H](Cc3cccc4c3n(C)c(=O)n4C3CCC(=O)NC3=O)C2)CC1. The number of hydrogen-bond donors (Lipinski definition) is 1. The Morgan fingerprint density at radius 3 is 2.48 bits per heavy atom. The lowest BCUT2D eigenvalue weighted by Crippen LogP contribution is -2.53. The topological polar surface area (TPSA) is 79.6 Å². The van der Waals surface area contributed by atoms with Crippen LogP contribution in [0, 0.1) is 5.92 Å². The first kappa shape index (κ1) is 20.5. The van der Waals surface area contributed by atoms with Gasteiger partial charge >= 0.3 is 5.69 Å². The number of imide groups is 1. The lowest BCUT2D eigenvalue weighted by atomic mass is 9.75. The molecular formula is C23H31N5O3. The largest absolute Gasteiger partial charge is 0.329 e. The summed E-state index contributed by atoms with van der Waals surface area (Å²) in [5, 5.41) is 2.38. The van der Waals surface area contributed by atoms with Gasteiger partial charge in [-0.05, 0) is 50.3 Å². The number of aryl methyl sites for hydroxylation is 1. The van der Waals surface area contributed by atoms with E-state index in [1.54, 1.807) is 16.2 Å². The third-order valence-corrected chi connectivity index (χ3v) is 7.48. The molecule has 1 saturated carbocycles. The third kappa shape index (κ3) is 3.61. The van der Waals surface area contributed by atoms with Crippen molar-refractivity contribution in [1.82, 2.24) is 24.3 Å². The minimum Gasteiger partial charge on any atom is -0.304 e. The van der Waals surface area contributed by atoms with Gasteiger partial charge in [-0.25, -0.2) is 4.79 Å². The Kier molecular flexibility index (Phi) is 5.22. The molecule has 5 rings (SSSR count). The molecular weight excluding hydrogens is 394 g/mol. The average molecular weight is 426 g/mol. The zero-order chi connectivity index (χ0) is 21.7. The predicted molar refractivity (Wildman–Crippen MR) is 118 cm³/mol. The second-order valence-corrected chi connectivity index (χ2v) is 9.50. The van der Waals surface area contributed by atoms with Crippen LogP contribution in [0.1, 0.15) is 37.3 Å². The fourth-order valence-electron chi connectivity index (χ4n) is 5.58. The van der Waals surface area contributed by atoms with Crippen molar-refractivity contribution >= 4 is 22.8 Å². The highest BCUT2D eigenvalue weighted by atomic mass is 16.2. The van der Waals surface area contributed by atoms with Gasteiger partial charge in [0.1, 0.15) is 6.04 Å². The number of carbonyl (C=O) groups excluding carboxylic acids is 2. The molecule has 1 aromatic carbocycles. The molecule has 0 bridgehead atoms. The quantitative estimate of drug-likeness (QED) is 0.736. The first-order valence-electron chi connectivity index (χ1n) is 11.4. The molecule has 2 aromatic rings. The Hall–Kier alpha value is -2.45. The molecule has 1 aliphatic carbocycles. The van der Waals surface area contributed by atoms with Gasteiger partial charge in [-0.15, -0.1) is 0 Å². The Bertz CT molecular complexity index is 1070. The highest BCUT2D eigenvalue weighted by Crippen LogP contribution is 2.36. The normalized spacial score (nSPS) is 28.0. The number of aromatic nitrogens is 2. The molecule has 1 N–H and O–H groups in total. The molecule has 31 heavy (non-hydrogen) atoms. The maximum Gasteiger partial charge on any atom is 0.329 e. The maximum atomic E-state index is 13.1. The molecule has 3 aliphatic rings. The van der Waals surface area contributed by atoms with Gasteiger partial charge in [0.2, 0.25) is 11.8 Å². The van der Waals surface area contributed by atoms with Crippen molar-refractivity contribution in [2.75, 3.05) is 33.2 Å². The van der Waals surface area contributed by atoms with Crippen LogP contribution in [0.4, 0.5) is 0 Å². The smallest absolute Gasteiger partial charge is 0.304 e. The predicted octanol–water partition coefficient (Wildman–Crippen LogP) is 0.886. The number of piperidine rings is 1. The van der Waals surface area contributed by atoms with E-state index in [-0.39, 0.29) is 23.9 Å². The number of carbonyl (C=O) groups is 2. The highest BCUT2D eigenvalue weighted by Gasteiger charge is 2.36. The van der Waals surface area contributed by atoms with Gasteiger partial charge in [-0.3, -0.25) is 28.9 Å². The number of nitrogens with one attached hydrogen (secondary N) is 1. The number of rotatable bonds is 4. The number of hydrogen-bond acceptors (Lipinski definition) is 5. The Labute approximate surface area is 181 Å². The molecule has 2 amide bonds. The van der Waals surface area contributed by atoms with Crippen LogP contribution in [0.25, 0.3) is 11.0 Å². The molecule has 3 heterocycles. The molecule has 166 valence electrons. The number of imidazole rings is 1. The first-order chi connectivity index (χ1) is 14.9. The van der Waals surface area contributed by atoms with Crippen LogP contribution >= 0.6 is 0 Å². The number of benzene rings is 1. The number of nitrogens with zero attached hydrogens (tertiary/aromatic N) is 4. The number of para-hydroxylation sites is 1. The summed E-state index contributed by atoms with van der Waals surface area (Å²) in [5.41, 5.74) is 2.68. The number of likely N-dealkylation sites (N-methyl/N-ethyl adjacent to an activating group) is 1. The molecule has 1 unspecified atom stereocenters. The number of piperazine rings is 1. The lowest BCUT2D eigenvalue weighted by Gasteiger charge is -2.46. The third-order valence-electron chi connectivity index (χ3n) is 7.48. The summed E-state index contributed by atoms with van der Waals surface area (Å²) in [6.45, 7) is 4.62. The van der Waals surface area contributed by atoms with Crippen molar-refractivity contribution in [3.8, 4) is 0 Å². The van der Waals surface area contributed by atoms with E-state index in [0.29, 0.717) is 18.4 Å². The molecule has 8 heteroatoms. The fourth-order valence-corrected chi connectivity index (χ4v) is 5.58. The van der Waals surface area contributed by atoms with Crippen molar-refractivity contribution in [3.05, 3.63) is 34.2 Å². The van der Waals surface area contributed by atoms with Crippen LogP contribution in [0.2, 0.25) is 0 Å². The summed E-state index contributed by atoms with van der Waals surface area (Å²) in [5.74, 6) is -0.0234. The van der Waals surface area contributed by atoms with Gasteiger partial charge in [0.05, 0.1) is 11.0 Å². The summed E-state index contributed by atoms with van der Waals surface area (Å²) >= 11 is 0. The van der Waals surface area contributed by atoms with E-state index in [1.807, 2.05) is 12.1 Å². The van der Waals surface area contributed by atoms with Gasteiger partial charge in [-0.1, -0.05) is 12.1 Å². The van der Waals surface area contributed by atoms with Gasteiger partial charge in [-0.2, -0.15) is 0 Å². The zero-order valence-corrected chi connectivity index (χ0v) is 18.3. The van der Waals surface area contributed by atoms with Gasteiger partial charge in [0.15, 0.2) is 0 Å². The fraction of sp³-hybridized carbons (Fsp3) is 0.609. The van der Waals surface area contributed by atoms with Crippen molar-refractivity contribution in [1.29, 1.82) is 0 Å². The minimum atomic E-state index is -0.630. The molecule has 1 atom stereocenters. The summed E-state index contributed by atoms with van der Waals surface area (Å²) in [7, 11) is 3.97. The summed E-state index contributed by atoms with van der Waals surface area (Å²) in [4.78, 5) is 42.1. The Balaban J connectivity index is 1.36. The van der Waals surface area contributed by atoms with Crippen LogP contribution < -0.4 is 11.0 Å². The van der Waals surface area contributed by atoms with Crippen molar-refractivity contribution in [2.24, 2.45) is 13.0 Å². The molecule has 3 fully saturated rings. The molecule has 1 aromatic heterocycles. The van der Waals surface area contributed by atoms with Crippen LogP contribution in [0.3, 0.4) is 0 Å². The lowest BCUT2D eigenvalue weighted by molar-refractivity contribution is -0.135. The monoisotopic (exact) mass is 425 g/mol. The van der Waals surface area contributed by atoms with Crippen LogP contribution in [-0.4, -0.2) is 70.0 Å². The maximum absolute atomic E-state index is 13.1. The van der Waals surface area contributed by atoms with E-state index < -0.39 is 6.04 Å². The average Bonchev–Trinajstić information content (AvgIpc) is 2.97. The highest BCUT2D eigenvalue weighted by molar-refractivity contribution is 6.00. The number of amides is 2. The van der Waals surface area contributed by atoms with Gasteiger partial charge in [0.25, 0.3) is 0 Å². The van der Waals surface area contributed by atoms with E-state index in [9.17, 15) is 14.4 Å². The summed E-state index contributed by atoms with van der Waals surface area (Å²) < 4.78 is 3.25. The van der Waals surface area contributed by atoms with Crippen molar-refractivity contribution < 1.29 is 9.59 Å². The summed E-state index contributed by atoms with van der Waals surface area (Å²) in [6, 6.07) is 6.07. The molecule has 0 spiro atoms. The van der Waals surface area contributed by atoms with Crippen LogP contribution in [0.5, 0.6) is 0 Å². The standard InChI is InChI=1S/C23H31N5O3/c1-25-8-10-27(11-9-25)17-13-15(14-17)12-16-4-3-5-18-21(16)26(2)23(31)28(18)19-6-7-20(29)24-22(19)30/h3-5,15,17,19H,6-14H2,1-2H3,(H,24,29,30)/t15-,17-,19?. The molecule has 0 radical (unpaired) electrons. The van der Waals surface area contributed by atoms with Gasteiger partial charge in [0, 0.05) is 45.7 Å². The van der Waals surface area contributed by atoms with Gasteiger partial charge < -0.3 is 4.90 Å². The second-order valence-electron chi connectivity index (χ2n) is 9.50. The Morgan fingerprint density at radius 2 is 1.77 bits per heavy atom. The molecule has 2 aliphatic heterocycles. The van der Waals surface area contributed by atoms with E-state index >= 15 is 0 Å². The molecule has 8 nitrogen and oxygen atoms in total. The van der Waals surface area contributed by atoms with E-state index in [1.165, 1.54) is 18.4 Å². The van der Waals surface area contributed by atoms with Crippen molar-refractivity contribution in [2.45, 2.75) is 44.2 Å². The zero-order valence-electron chi connectivity index (χ0n) is 18.3. The van der Waals surface area contributed by atoms with Crippen LogP contribution in [-0.2, 0) is 23.1 Å². The van der Waals surface area contributed by atoms with E-state index in [0.717, 1.165) is 43.6 Å². The van der Waals surface area contributed by atoms with E-state index in [4.69, 9.17) is 0 Å². The molecule has 2 saturated heterocycles.